The molecule has 0 aromatic heterocycles. The van der Waals surface area contributed by atoms with Crippen LogP contribution in [0.1, 0.15) is 46.5 Å². The highest BCUT2D eigenvalue weighted by molar-refractivity contribution is 5.81. The Bertz CT molecular complexity index is 213. The minimum absolute atomic E-state index is 0.332. The van der Waals surface area contributed by atoms with Crippen molar-refractivity contribution in [1.82, 2.24) is 0 Å². The van der Waals surface area contributed by atoms with Gasteiger partial charge in [-0.25, -0.2) is 0 Å². The number of allylic oxidation sites excluding steroid dienone is 2. The highest BCUT2D eigenvalue weighted by atomic mass is 16.1. The summed E-state index contributed by atoms with van der Waals surface area (Å²) in [7, 11) is 0. The van der Waals surface area contributed by atoms with E-state index in [0.29, 0.717) is 18.1 Å². The van der Waals surface area contributed by atoms with Crippen molar-refractivity contribution < 1.29 is 4.79 Å². The molecule has 1 nitrogen and oxygen atoms in total. The fraction of sp³-hybridized carbons (Fsp3) is 0.727. The van der Waals surface area contributed by atoms with Crippen molar-refractivity contribution in [3.63, 3.8) is 0 Å². The Labute approximate surface area is 74.9 Å². The highest BCUT2D eigenvalue weighted by Gasteiger charge is 2.21. The second-order valence-electron chi connectivity index (χ2n) is 3.82. The summed E-state index contributed by atoms with van der Waals surface area (Å²) >= 11 is 0. The molecule has 1 aliphatic rings. The molecule has 0 saturated carbocycles. The van der Waals surface area contributed by atoms with Crippen LogP contribution in [0.15, 0.2) is 11.1 Å². The first-order valence-corrected chi connectivity index (χ1v) is 4.83. The third kappa shape index (κ3) is 1.96. The average Bonchev–Trinajstić information content (AvgIpc) is 2.08. The lowest BCUT2D eigenvalue weighted by Crippen LogP contribution is -2.17. The predicted molar refractivity (Wildman–Crippen MR) is 51.0 cm³/mol. The molecule has 1 rings (SSSR count). The molecular weight excluding hydrogens is 148 g/mol. The molecule has 0 aromatic carbocycles. The maximum Gasteiger partial charge on any atom is 0.136 e. The fourth-order valence-corrected chi connectivity index (χ4v) is 1.81. The van der Waals surface area contributed by atoms with E-state index < -0.39 is 0 Å². The van der Waals surface area contributed by atoms with Gasteiger partial charge in [-0.3, -0.25) is 4.79 Å². The van der Waals surface area contributed by atoms with E-state index in [1.54, 1.807) is 0 Å². The average molecular weight is 166 g/mol. The van der Waals surface area contributed by atoms with Crippen LogP contribution in [-0.4, -0.2) is 5.78 Å². The number of ketones is 1. The summed E-state index contributed by atoms with van der Waals surface area (Å²) in [6.07, 6.45) is 3.92. The SMILES string of the molecule is CCC(=O)[C@@H]1CCC(C)=C(C)C1. The minimum Gasteiger partial charge on any atom is -0.299 e. The molecule has 0 aromatic rings. The summed E-state index contributed by atoms with van der Waals surface area (Å²) in [5.74, 6) is 0.778. The molecule has 0 heterocycles. The first kappa shape index (κ1) is 9.50. The quantitative estimate of drug-likeness (QED) is 0.576. The van der Waals surface area contributed by atoms with Crippen LogP contribution in [0, 0.1) is 5.92 Å². The Balaban J connectivity index is 2.60. The Morgan fingerprint density at radius 2 is 2.08 bits per heavy atom. The zero-order valence-corrected chi connectivity index (χ0v) is 8.31. The molecular formula is C11H18O. The van der Waals surface area contributed by atoms with Crippen LogP contribution in [-0.2, 0) is 4.79 Å². The van der Waals surface area contributed by atoms with Gasteiger partial charge in [0.1, 0.15) is 5.78 Å². The second kappa shape index (κ2) is 3.88. The number of hydrogen-bond acceptors (Lipinski definition) is 1. The largest absolute Gasteiger partial charge is 0.299 e. The second-order valence-corrected chi connectivity index (χ2v) is 3.82. The van der Waals surface area contributed by atoms with Crippen molar-refractivity contribution in [2.24, 2.45) is 5.92 Å². The van der Waals surface area contributed by atoms with Gasteiger partial charge in [0.2, 0.25) is 0 Å². The maximum absolute atomic E-state index is 11.4. The van der Waals surface area contributed by atoms with Crippen LogP contribution in [0.25, 0.3) is 0 Å². The number of carbonyl (C=O) groups is 1. The van der Waals surface area contributed by atoms with E-state index in [2.05, 4.69) is 13.8 Å². The van der Waals surface area contributed by atoms with Crippen molar-refractivity contribution >= 4 is 5.78 Å². The van der Waals surface area contributed by atoms with Crippen molar-refractivity contribution in [1.29, 1.82) is 0 Å². The highest BCUT2D eigenvalue weighted by Crippen LogP contribution is 2.29. The van der Waals surface area contributed by atoms with Gasteiger partial charge in [0.15, 0.2) is 0 Å². The van der Waals surface area contributed by atoms with E-state index in [1.807, 2.05) is 6.92 Å². The van der Waals surface area contributed by atoms with Gasteiger partial charge in [-0.15, -0.1) is 0 Å². The number of carbonyl (C=O) groups excluding carboxylic acids is 1. The third-order valence-electron chi connectivity index (χ3n) is 2.95. The topological polar surface area (TPSA) is 17.1 Å². The molecule has 0 bridgehead atoms. The fourth-order valence-electron chi connectivity index (χ4n) is 1.81. The van der Waals surface area contributed by atoms with E-state index in [1.165, 1.54) is 11.1 Å². The molecule has 0 aliphatic heterocycles. The Morgan fingerprint density at radius 1 is 1.42 bits per heavy atom. The molecule has 0 fully saturated rings. The van der Waals surface area contributed by atoms with E-state index in [4.69, 9.17) is 0 Å². The Kier molecular flexibility index (Phi) is 3.07. The Morgan fingerprint density at radius 3 is 2.58 bits per heavy atom. The van der Waals surface area contributed by atoms with Crippen molar-refractivity contribution in [2.75, 3.05) is 0 Å². The molecule has 1 heteroatoms. The first-order valence-electron chi connectivity index (χ1n) is 4.83. The van der Waals surface area contributed by atoms with Gasteiger partial charge in [-0.2, -0.15) is 0 Å². The molecule has 0 N–H and O–H groups in total. The minimum atomic E-state index is 0.332. The lowest BCUT2D eigenvalue weighted by molar-refractivity contribution is -0.122. The smallest absolute Gasteiger partial charge is 0.136 e. The summed E-state index contributed by atoms with van der Waals surface area (Å²) < 4.78 is 0. The molecule has 0 radical (unpaired) electrons. The summed E-state index contributed by atoms with van der Waals surface area (Å²) in [5.41, 5.74) is 2.93. The molecule has 0 unspecified atom stereocenters. The van der Waals surface area contributed by atoms with Crippen LogP contribution >= 0.6 is 0 Å². The Hall–Kier alpha value is -0.590. The summed E-state index contributed by atoms with van der Waals surface area (Å²) in [6, 6.07) is 0. The van der Waals surface area contributed by atoms with Crippen molar-refractivity contribution in [3.8, 4) is 0 Å². The standard InChI is InChI=1S/C11H18O/c1-4-11(12)10-6-5-8(2)9(3)7-10/h10H,4-7H2,1-3H3/t10-/m1/s1. The summed E-state index contributed by atoms with van der Waals surface area (Å²) in [4.78, 5) is 11.4. The van der Waals surface area contributed by atoms with E-state index in [9.17, 15) is 4.79 Å². The number of rotatable bonds is 2. The van der Waals surface area contributed by atoms with Gasteiger partial charge in [0, 0.05) is 12.3 Å². The van der Waals surface area contributed by atoms with Gasteiger partial charge < -0.3 is 0 Å². The summed E-state index contributed by atoms with van der Waals surface area (Å²) in [5, 5.41) is 0. The lowest BCUT2D eigenvalue weighted by atomic mass is 9.82. The molecule has 1 atom stereocenters. The number of hydrogen-bond donors (Lipinski definition) is 0. The molecule has 0 spiro atoms. The van der Waals surface area contributed by atoms with Gasteiger partial charge in [0.25, 0.3) is 0 Å². The first-order chi connectivity index (χ1) is 5.65. The van der Waals surface area contributed by atoms with Gasteiger partial charge in [0.05, 0.1) is 0 Å². The lowest BCUT2D eigenvalue weighted by Gasteiger charge is -2.22. The normalized spacial score (nSPS) is 24.4. The summed E-state index contributed by atoms with van der Waals surface area (Å²) in [6.45, 7) is 6.30. The molecule has 68 valence electrons. The zero-order valence-electron chi connectivity index (χ0n) is 8.31. The maximum atomic E-state index is 11.4. The molecule has 12 heavy (non-hydrogen) atoms. The van der Waals surface area contributed by atoms with Gasteiger partial charge >= 0.3 is 0 Å². The monoisotopic (exact) mass is 166 g/mol. The van der Waals surface area contributed by atoms with Gasteiger partial charge in [-0.1, -0.05) is 18.1 Å². The zero-order chi connectivity index (χ0) is 9.14. The van der Waals surface area contributed by atoms with E-state index >= 15 is 0 Å². The van der Waals surface area contributed by atoms with Crippen LogP contribution in [0.4, 0.5) is 0 Å². The van der Waals surface area contributed by atoms with Crippen LogP contribution in [0.5, 0.6) is 0 Å². The molecule has 1 aliphatic carbocycles. The van der Waals surface area contributed by atoms with E-state index in [0.717, 1.165) is 19.3 Å². The van der Waals surface area contributed by atoms with Crippen molar-refractivity contribution in [3.05, 3.63) is 11.1 Å². The van der Waals surface area contributed by atoms with Gasteiger partial charge in [-0.05, 0) is 33.1 Å². The third-order valence-corrected chi connectivity index (χ3v) is 2.95. The number of Topliss-reactive ketones (excluding diaryl/α,β-unsaturated/α-hetero) is 1. The van der Waals surface area contributed by atoms with Crippen LogP contribution in [0.2, 0.25) is 0 Å². The van der Waals surface area contributed by atoms with E-state index in [-0.39, 0.29) is 0 Å². The van der Waals surface area contributed by atoms with Crippen LogP contribution in [0.3, 0.4) is 0 Å². The van der Waals surface area contributed by atoms with Crippen LogP contribution < -0.4 is 0 Å². The van der Waals surface area contributed by atoms with Crippen molar-refractivity contribution in [2.45, 2.75) is 46.5 Å². The predicted octanol–water partition coefficient (Wildman–Crippen LogP) is 3.10. The molecule has 0 saturated heterocycles. The molecule has 0 amide bonds.